The molecule has 1 N–H and O–H groups in total. The smallest absolute Gasteiger partial charge is 0.273 e. The zero-order valence-corrected chi connectivity index (χ0v) is 17.9. The van der Waals surface area contributed by atoms with Crippen LogP contribution in [0.25, 0.3) is 11.1 Å². The third kappa shape index (κ3) is 4.81. The van der Waals surface area contributed by atoms with Crippen LogP contribution in [-0.4, -0.2) is 15.6 Å². The highest BCUT2D eigenvalue weighted by atomic mass is 16.1. The monoisotopic (exact) mass is 401 g/mol. The number of hydrogen-bond acceptors (Lipinski definition) is 3. The summed E-state index contributed by atoms with van der Waals surface area (Å²) in [5.41, 5.74) is 4.28. The number of nitrogens with one attached hydrogen (secondary N) is 1. The van der Waals surface area contributed by atoms with Crippen molar-refractivity contribution in [1.29, 1.82) is 0 Å². The topological polar surface area (TPSA) is 46.9 Å². The van der Waals surface area contributed by atoms with Crippen LogP contribution in [0.2, 0.25) is 0 Å². The largest absolute Gasteiger partial charge is 0.378 e. The van der Waals surface area contributed by atoms with Crippen molar-refractivity contribution < 1.29 is 0 Å². The minimum absolute atomic E-state index is 0.0709. The van der Waals surface area contributed by atoms with Crippen LogP contribution in [0.15, 0.2) is 71.9 Å². The molecule has 3 aromatic rings. The van der Waals surface area contributed by atoms with Crippen LogP contribution in [0.3, 0.4) is 0 Å². The van der Waals surface area contributed by atoms with E-state index >= 15 is 0 Å². The summed E-state index contributed by atoms with van der Waals surface area (Å²) in [5.74, 6) is 1.03. The number of rotatable bonds is 6. The zero-order valence-electron chi connectivity index (χ0n) is 17.9. The quantitative estimate of drug-likeness (QED) is 0.576. The molecule has 4 rings (SSSR count). The highest BCUT2D eigenvalue weighted by Gasteiger charge is 2.23. The molecule has 0 unspecified atom stereocenters. The summed E-state index contributed by atoms with van der Waals surface area (Å²) in [6, 6.07) is 17.1. The van der Waals surface area contributed by atoms with Crippen molar-refractivity contribution in [3.8, 4) is 11.1 Å². The molecular weight excluding hydrogens is 370 g/mol. The van der Waals surface area contributed by atoms with E-state index in [1.807, 2.05) is 35.2 Å². The molecule has 4 nitrogen and oxygen atoms in total. The Balaban J connectivity index is 1.54. The number of benzene rings is 1. The molecule has 1 aliphatic rings. The van der Waals surface area contributed by atoms with Gasteiger partial charge in [0.1, 0.15) is 5.69 Å². The van der Waals surface area contributed by atoms with Crippen LogP contribution < -0.4 is 10.9 Å². The van der Waals surface area contributed by atoms with Crippen LogP contribution in [0, 0.1) is 5.92 Å². The van der Waals surface area contributed by atoms with Crippen molar-refractivity contribution in [3.63, 3.8) is 0 Å². The van der Waals surface area contributed by atoms with Gasteiger partial charge in [-0.05, 0) is 55.2 Å². The molecule has 2 heterocycles. The molecule has 2 aromatic heterocycles. The molecule has 4 heteroatoms. The molecule has 1 aromatic carbocycles. The molecule has 0 bridgehead atoms. The number of nitrogens with zero attached hydrogens (tertiary/aromatic N) is 2. The lowest BCUT2D eigenvalue weighted by molar-refractivity contribution is 0.411. The van der Waals surface area contributed by atoms with Gasteiger partial charge in [0, 0.05) is 42.3 Å². The third-order valence-corrected chi connectivity index (χ3v) is 6.00. The summed E-state index contributed by atoms with van der Waals surface area (Å²) in [6.07, 6.45) is 10.1. The van der Waals surface area contributed by atoms with Gasteiger partial charge in [0.2, 0.25) is 0 Å². The molecule has 0 aliphatic heterocycles. The molecule has 0 radical (unpaired) electrons. The van der Waals surface area contributed by atoms with Crippen LogP contribution in [0.5, 0.6) is 0 Å². The molecule has 0 atom stereocenters. The molecule has 1 saturated carbocycles. The summed E-state index contributed by atoms with van der Waals surface area (Å²) >= 11 is 0. The van der Waals surface area contributed by atoms with E-state index in [0.717, 1.165) is 36.8 Å². The molecular formula is C26H31N3O. The fraction of sp³-hybridized carbons (Fsp3) is 0.385. The maximum atomic E-state index is 13.1. The van der Waals surface area contributed by atoms with Crippen LogP contribution in [0.4, 0.5) is 5.69 Å². The lowest BCUT2D eigenvalue weighted by Gasteiger charge is -2.30. The standard InChI is InChI=1S/C26H31N3O/c1-19(2)17-29-18-23(22-9-6-14-27-16-22)15-25(26(29)30)28-24-12-10-21(11-13-24)20-7-4-3-5-8-20/h3-9,14-16,18-19,21,24,28H,10-13,17H2,1-2H3/t21-,24+. The molecule has 0 saturated heterocycles. The van der Waals surface area contributed by atoms with E-state index < -0.39 is 0 Å². The van der Waals surface area contributed by atoms with Gasteiger partial charge in [-0.25, -0.2) is 0 Å². The zero-order chi connectivity index (χ0) is 20.9. The van der Waals surface area contributed by atoms with Gasteiger partial charge in [0.25, 0.3) is 5.56 Å². The van der Waals surface area contributed by atoms with Crippen molar-refractivity contribution in [1.82, 2.24) is 9.55 Å². The summed E-state index contributed by atoms with van der Waals surface area (Å²) in [4.78, 5) is 17.4. The first-order valence-corrected chi connectivity index (χ1v) is 11.1. The molecule has 156 valence electrons. The minimum Gasteiger partial charge on any atom is -0.378 e. The molecule has 30 heavy (non-hydrogen) atoms. The number of aromatic nitrogens is 2. The summed E-state index contributed by atoms with van der Waals surface area (Å²) in [5, 5.41) is 3.59. The minimum atomic E-state index is 0.0709. The lowest BCUT2D eigenvalue weighted by Crippen LogP contribution is -2.31. The van der Waals surface area contributed by atoms with E-state index in [-0.39, 0.29) is 5.56 Å². The van der Waals surface area contributed by atoms with E-state index in [9.17, 15) is 4.79 Å². The van der Waals surface area contributed by atoms with Gasteiger partial charge >= 0.3 is 0 Å². The lowest BCUT2D eigenvalue weighted by atomic mass is 9.82. The van der Waals surface area contributed by atoms with Gasteiger partial charge in [0.15, 0.2) is 0 Å². The van der Waals surface area contributed by atoms with Crippen molar-refractivity contribution in [3.05, 3.63) is 83.0 Å². The fourth-order valence-electron chi connectivity index (χ4n) is 4.48. The Labute approximate surface area is 179 Å². The van der Waals surface area contributed by atoms with Gasteiger partial charge in [-0.3, -0.25) is 9.78 Å². The van der Waals surface area contributed by atoms with Gasteiger partial charge in [-0.1, -0.05) is 50.2 Å². The SMILES string of the molecule is CC(C)Cn1cc(-c2cccnc2)cc(N[C@H]2CC[C@@H](c3ccccc3)CC2)c1=O. The summed E-state index contributed by atoms with van der Waals surface area (Å²) in [7, 11) is 0. The van der Waals surface area contributed by atoms with Crippen LogP contribution in [0.1, 0.15) is 51.0 Å². The second-order valence-corrected chi connectivity index (χ2v) is 8.84. The number of pyridine rings is 2. The Bertz CT molecular complexity index is 1000. The average Bonchev–Trinajstić information content (AvgIpc) is 2.78. The second kappa shape index (κ2) is 9.29. The van der Waals surface area contributed by atoms with E-state index in [2.05, 4.69) is 54.5 Å². The number of hydrogen-bond donors (Lipinski definition) is 1. The van der Waals surface area contributed by atoms with E-state index in [0.29, 0.717) is 30.1 Å². The predicted molar refractivity (Wildman–Crippen MR) is 124 cm³/mol. The molecule has 0 amide bonds. The first kappa shape index (κ1) is 20.4. The Kier molecular flexibility index (Phi) is 6.32. The highest BCUT2D eigenvalue weighted by Crippen LogP contribution is 2.34. The first-order chi connectivity index (χ1) is 14.6. The summed E-state index contributed by atoms with van der Waals surface area (Å²) in [6.45, 7) is 4.99. The van der Waals surface area contributed by atoms with Gasteiger partial charge < -0.3 is 9.88 Å². The number of anilines is 1. The Morgan fingerprint density at radius 1 is 1.03 bits per heavy atom. The Hall–Kier alpha value is -2.88. The van der Waals surface area contributed by atoms with Crippen LogP contribution in [-0.2, 0) is 6.54 Å². The van der Waals surface area contributed by atoms with Gasteiger partial charge in [-0.15, -0.1) is 0 Å². The summed E-state index contributed by atoms with van der Waals surface area (Å²) < 4.78 is 1.85. The van der Waals surface area contributed by atoms with Crippen molar-refractivity contribution in [2.75, 3.05) is 5.32 Å². The molecule has 0 spiro atoms. The van der Waals surface area contributed by atoms with Gasteiger partial charge in [-0.2, -0.15) is 0 Å². The van der Waals surface area contributed by atoms with E-state index in [4.69, 9.17) is 0 Å². The normalized spacial score (nSPS) is 19.0. The van der Waals surface area contributed by atoms with E-state index in [1.54, 1.807) is 6.20 Å². The van der Waals surface area contributed by atoms with Crippen molar-refractivity contribution >= 4 is 5.69 Å². The second-order valence-electron chi connectivity index (χ2n) is 8.84. The van der Waals surface area contributed by atoms with Crippen molar-refractivity contribution in [2.45, 2.75) is 58.0 Å². The molecule has 1 aliphatic carbocycles. The van der Waals surface area contributed by atoms with E-state index in [1.165, 1.54) is 5.56 Å². The maximum absolute atomic E-state index is 13.1. The maximum Gasteiger partial charge on any atom is 0.273 e. The van der Waals surface area contributed by atoms with Crippen molar-refractivity contribution in [2.24, 2.45) is 5.92 Å². The predicted octanol–water partition coefficient (Wildman–Crippen LogP) is 5.70. The fourth-order valence-corrected chi connectivity index (χ4v) is 4.48. The molecule has 1 fully saturated rings. The Morgan fingerprint density at radius 2 is 1.80 bits per heavy atom. The Morgan fingerprint density at radius 3 is 2.47 bits per heavy atom. The van der Waals surface area contributed by atoms with Crippen LogP contribution >= 0.6 is 0 Å². The highest BCUT2D eigenvalue weighted by molar-refractivity contribution is 5.66. The average molecular weight is 402 g/mol. The third-order valence-electron chi connectivity index (χ3n) is 6.00. The van der Waals surface area contributed by atoms with Gasteiger partial charge in [0.05, 0.1) is 0 Å². The first-order valence-electron chi connectivity index (χ1n) is 11.1.